The van der Waals surface area contributed by atoms with Gasteiger partial charge in [0.1, 0.15) is 6.61 Å². The first-order valence-corrected chi connectivity index (χ1v) is 3.42. The number of carbonyl (C=O) groups excluding carboxylic acids is 1. The zero-order valence-electron chi connectivity index (χ0n) is 7.32. The zero-order chi connectivity index (χ0) is 8.81. The van der Waals surface area contributed by atoms with Crippen LogP contribution in [0.1, 0.15) is 5.56 Å². The molecule has 64 valence electrons. The molecule has 0 atom stereocenters. The minimum absolute atomic E-state index is 0. The Kier molecular flexibility index (Phi) is 6.62. The van der Waals surface area contributed by atoms with Gasteiger partial charge >= 0.3 is 35.7 Å². The van der Waals surface area contributed by atoms with E-state index in [1.165, 1.54) is 0 Å². The van der Waals surface area contributed by atoms with E-state index >= 15 is 0 Å². The minimum Gasteiger partial charge on any atom is -0.756 e. The molecule has 0 bridgehead atoms. The zero-order valence-corrected chi connectivity index (χ0v) is 9.32. The molecule has 0 unspecified atom stereocenters. The molecule has 0 saturated carbocycles. The average Bonchev–Trinajstić information content (AvgIpc) is 2.16. The van der Waals surface area contributed by atoms with Crippen LogP contribution in [0.5, 0.6) is 0 Å². The third-order valence-corrected chi connectivity index (χ3v) is 1.30. The largest absolute Gasteiger partial charge is 1.00 e. The van der Waals surface area contributed by atoms with E-state index in [2.05, 4.69) is 4.74 Å². The number of nitrogens with one attached hydrogen (secondary N) is 1. The molecule has 1 N–H and O–H groups in total. The van der Waals surface area contributed by atoms with Gasteiger partial charge in [0, 0.05) is 0 Å². The van der Waals surface area contributed by atoms with Crippen molar-refractivity contribution in [1.29, 1.82) is 0 Å². The second-order valence-corrected chi connectivity index (χ2v) is 2.16. The SMILES string of the molecule is O=C(N[O-])OCc1ccccc1.[Na+]. The predicted octanol–water partition coefficient (Wildman–Crippen LogP) is -1.59. The first-order valence-electron chi connectivity index (χ1n) is 3.42. The van der Waals surface area contributed by atoms with Gasteiger partial charge in [-0.1, -0.05) is 30.3 Å². The van der Waals surface area contributed by atoms with Crippen LogP contribution >= 0.6 is 0 Å². The van der Waals surface area contributed by atoms with E-state index in [0.29, 0.717) is 0 Å². The molecule has 0 radical (unpaired) electrons. The molecule has 0 aliphatic heterocycles. The molecule has 0 aliphatic carbocycles. The van der Waals surface area contributed by atoms with Gasteiger partial charge < -0.3 is 15.4 Å². The molecular formula is C8H8NNaO3. The fourth-order valence-corrected chi connectivity index (χ4v) is 0.753. The van der Waals surface area contributed by atoms with E-state index in [-0.39, 0.29) is 36.2 Å². The average molecular weight is 189 g/mol. The van der Waals surface area contributed by atoms with Crippen molar-refractivity contribution in [3.8, 4) is 0 Å². The summed E-state index contributed by atoms with van der Waals surface area (Å²) < 4.78 is 4.51. The summed E-state index contributed by atoms with van der Waals surface area (Å²) in [6.07, 6.45) is -0.959. The van der Waals surface area contributed by atoms with Crippen LogP contribution in [0.3, 0.4) is 0 Å². The summed E-state index contributed by atoms with van der Waals surface area (Å²) in [6.45, 7) is 0.120. The van der Waals surface area contributed by atoms with Crippen LogP contribution < -0.4 is 35.0 Å². The molecule has 4 nitrogen and oxygen atoms in total. The number of hydrogen-bond acceptors (Lipinski definition) is 3. The van der Waals surface area contributed by atoms with Gasteiger partial charge in [0.25, 0.3) is 0 Å². The molecule has 0 aliphatic rings. The van der Waals surface area contributed by atoms with Crippen molar-refractivity contribution in [3.05, 3.63) is 41.1 Å². The van der Waals surface area contributed by atoms with Gasteiger partial charge in [0.15, 0.2) is 0 Å². The monoisotopic (exact) mass is 189 g/mol. The van der Waals surface area contributed by atoms with Crippen LogP contribution in [-0.2, 0) is 11.3 Å². The molecule has 1 rings (SSSR count). The van der Waals surface area contributed by atoms with Crippen molar-refractivity contribution in [3.63, 3.8) is 0 Å². The van der Waals surface area contributed by atoms with E-state index in [0.717, 1.165) is 11.0 Å². The van der Waals surface area contributed by atoms with E-state index in [1.807, 2.05) is 18.2 Å². The van der Waals surface area contributed by atoms with Gasteiger partial charge in [0.2, 0.25) is 0 Å². The Balaban J connectivity index is 0.00000144. The van der Waals surface area contributed by atoms with Gasteiger partial charge in [-0.2, -0.15) is 0 Å². The molecule has 1 aromatic carbocycles. The third-order valence-electron chi connectivity index (χ3n) is 1.30. The van der Waals surface area contributed by atoms with Crippen molar-refractivity contribution < 1.29 is 39.1 Å². The van der Waals surface area contributed by atoms with E-state index in [4.69, 9.17) is 0 Å². The molecule has 1 aromatic rings. The Morgan fingerprint density at radius 1 is 1.38 bits per heavy atom. The minimum atomic E-state index is -0.959. The molecule has 5 heteroatoms. The number of carbonyl (C=O) groups is 1. The first-order chi connectivity index (χ1) is 5.83. The maximum atomic E-state index is 10.3. The topological polar surface area (TPSA) is 61.4 Å². The van der Waals surface area contributed by atoms with Gasteiger partial charge in [-0.3, -0.25) is 0 Å². The summed E-state index contributed by atoms with van der Waals surface area (Å²) in [7, 11) is 0. The van der Waals surface area contributed by atoms with Crippen molar-refractivity contribution in [2.24, 2.45) is 0 Å². The van der Waals surface area contributed by atoms with Gasteiger partial charge in [0.05, 0.1) is 0 Å². The molecule has 0 fully saturated rings. The van der Waals surface area contributed by atoms with Gasteiger partial charge in [-0.25, -0.2) is 4.79 Å². The molecule has 0 saturated heterocycles. The van der Waals surface area contributed by atoms with Crippen LogP contribution in [0.2, 0.25) is 0 Å². The van der Waals surface area contributed by atoms with Crippen molar-refractivity contribution in [1.82, 2.24) is 5.48 Å². The van der Waals surface area contributed by atoms with E-state index < -0.39 is 6.09 Å². The van der Waals surface area contributed by atoms with Gasteiger partial charge in [-0.05, 0) is 5.56 Å². The van der Waals surface area contributed by atoms with E-state index in [1.54, 1.807) is 12.1 Å². The summed E-state index contributed by atoms with van der Waals surface area (Å²) in [4.78, 5) is 10.3. The van der Waals surface area contributed by atoms with Crippen molar-refractivity contribution in [2.45, 2.75) is 6.61 Å². The standard InChI is InChI=1S/C8H8NO3.Na/c10-8(9-11)12-6-7-4-2-1-3-5-7;/h1-5H,6H2,(H-,9,10,11);/q-1;+1. The number of amides is 1. The Morgan fingerprint density at radius 3 is 2.54 bits per heavy atom. The van der Waals surface area contributed by atoms with Crippen LogP contribution in [0.25, 0.3) is 0 Å². The van der Waals surface area contributed by atoms with Crippen LogP contribution in [-0.4, -0.2) is 6.09 Å². The Labute approximate surface area is 98.1 Å². The molecule has 0 heterocycles. The third kappa shape index (κ3) is 4.90. The fraction of sp³-hybridized carbons (Fsp3) is 0.125. The second-order valence-electron chi connectivity index (χ2n) is 2.16. The predicted molar refractivity (Wildman–Crippen MR) is 43.1 cm³/mol. The normalized spacial score (nSPS) is 8.38. The maximum absolute atomic E-state index is 10.3. The second kappa shape index (κ2) is 6.91. The number of hydrogen-bond donors (Lipinski definition) is 1. The first kappa shape index (κ1) is 12.4. The quantitative estimate of drug-likeness (QED) is 0.451. The number of ether oxygens (including phenoxy) is 1. The summed E-state index contributed by atoms with van der Waals surface area (Å²) in [5.41, 5.74) is 1.97. The maximum Gasteiger partial charge on any atom is 1.00 e. The molecule has 13 heavy (non-hydrogen) atoms. The van der Waals surface area contributed by atoms with Crippen LogP contribution in [0.4, 0.5) is 4.79 Å². The summed E-state index contributed by atoms with van der Waals surface area (Å²) in [5.74, 6) is 0. The Bertz CT molecular complexity index is 253. The summed E-state index contributed by atoms with van der Waals surface area (Å²) >= 11 is 0. The number of hydroxylamine groups is 1. The molecule has 1 amide bonds. The van der Waals surface area contributed by atoms with Crippen molar-refractivity contribution in [2.75, 3.05) is 0 Å². The van der Waals surface area contributed by atoms with Crippen molar-refractivity contribution >= 4 is 6.09 Å². The van der Waals surface area contributed by atoms with E-state index in [9.17, 15) is 10.0 Å². The van der Waals surface area contributed by atoms with Crippen LogP contribution in [0.15, 0.2) is 30.3 Å². The Hall–Kier alpha value is -0.550. The number of benzene rings is 1. The van der Waals surface area contributed by atoms with Gasteiger partial charge in [-0.15, -0.1) is 0 Å². The fourth-order valence-electron chi connectivity index (χ4n) is 0.753. The smallest absolute Gasteiger partial charge is 0.756 e. The molecule has 0 aromatic heterocycles. The summed E-state index contributed by atoms with van der Waals surface area (Å²) in [6, 6.07) is 9.12. The summed E-state index contributed by atoms with van der Waals surface area (Å²) in [5, 5.41) is 9.73. The molecular weight excluding hydrogens is 181 g/mol. The molecule has 0 spiro atoms. The van der Waals surface area contributed by atoms with Crippen LogP contribution in [0, 0.1) is 5.21 Å². The number of rotatable bonds is 2. The Morgan fingerprint density at radius 2 is 2.00 bits per heavy atom.